The van der Waals surface area contributed by atoms with Crippen LogP contribution in [0.2, 0.25) is 0 Å². The van der Waals surface area contributed by atoms with Gasteiger partial charge in [0.05, 0.1) is 18.1 Å². The van der Waals surface area contributed by atoms with E-state index in [0.29, 0.717) is 24.6 Å². The molecule has 2 aromatic heterocycles. The van der Waals surface area contributed by atoms with Gasteiger partial charge in [0.25, 0.3) is 5.91 Å². The summed E-state index contributed by atoms with van der Waals surface area (Å²) in [5.74, 6) is 0.357. The van der Waals surface area contributed by atoms with Gasteiger partial charge in [0.2, 0.25) is 0 Å². The van der Waals surface area contributed by atoms with Crippen molar-refractivity contribution in [2.75, 3.05) is 19.6 Å². The predicted molar refractivity (Wildman–Crippen MR) is 105 cm³/mol. The van der Waals surface area contributed by atoms with Gasteiger partial charge in [-0.15, -0.1) is 5.10 Å². The molecule has 0 unspecified atom stereocenters. The van der Waals surface area contributed by atoms with Crippen LogP contribution in [-0.4, -0.2) is 50.3 Å². The molecule has 1 atom stereocenters. The smallest absolute Gasteiger partial charge is 0.273 e. The highest BCUT2D eigenvalue weighted by Gasteiger charge is 2.16. The summed E-state index contributed by atoms with van der Waals surface area (Å²) in [6, 6.07) is 9.95. The minimum absolute atomic E-state index is 0.191. The highest BCUT2D eigenvalue weighted by Crippen LogP contribution is 2.12. The van der Waals surface area contributed by atoms with Crippen molar-refractivity contribution in [2.24, 2.45) is 5.92 Å². The summed E-state index contributed by atoms with van der Waals surface area (Å²) in [4.78, 5) is 12.3. The van der Waals surface area contributed by atoms with Crippen LogP contribution in [0.15, 0.2) is 48.9 Å². The molecule has 28 heavy (non-hydrogen) atoms. The Morgan fingerprint density at radius 2 is 2.14 bits per heavy atom. The van der Waals surface area contributed by atoms with E-state index in [1.54, 1.807) is 10.9 Å². The molecule has 0 bridgehead atoms. The van der Waals surface area contributed by atoms with Crippen molar-refractivity contribution in [1.82, 2.24) is 35.4 Å². The van der Waals surface area contributed by atoms with E-state index in [2.05, 4.69) is 26.0 Å². The third-order valence-corrected chi connectivity index (χ3v) is 4.97. The molecule has 1 aliphatic rings. The van der Waals surface area contributed by atoms with E-state index in [-0.39, 0.29) is 5.91 Å². The second-order valence-corrected chi connectivity index (χ2v) is 7.17. The minimum Gasteiger partial charge on any atom is -0.350 e. The van der Waals surface area contributed by atoms with Crippen LogP contribution in [0.3, 0.4) is 0 Å². The van der Waals surface area contributed by atoms with Gasteiger partial charge in [-0.2, -0.15) is 5.10 Å². The molecule has 0 radical (unpaired) electrons. The van der Waals surface area contributed by atoms with E-state index >= 15 is 0 Å². The zero-order valence-corrected chi connectivity index (χ0v) is 15.8. The molecule has 8 nitrogen and oxygen atoms in total. The maximum absolute atomic E-state index is 12.3. The predicted octanol–water partition coefficient (Wildman–Crippen LogP) is 1.44. The Hall–Kier alpha value is -3.00. The second kappa shape index (κ2) is 8.79. The number of nitrogens with zero attached hydrogens (tertiary/aromatic N) is 5. The maximum Gasteiger partial charge on any atom is 0.273 e. The fourth-order valence-electron chi connectivity index (χ4n) is 3.46. The third kappa shape index (κ3) is 4.64. The first-order valence-electron chi connectivity index (χ1n) is 9.76. The van der Waals surface area contributed by atoms with E-state index in [1.807, 2.05) is 47.4 Å². The molecule has 0 aliphatic carbocycles. The van der Waals surface area contributed by atoms with Crippen molar-refractivity contribution >= 4 is 5.91 Å². The Balaban J connectivity index is 1.25. The quantitative estimate of drug-likeness (QED) is 0.648. The van der Waals surface area contributed by atoms with Crippen LogP contribution >= 0.6 is 0 Å². The number of amides is 1. The van der Waals surface area contributed by atoms with E-state index in [4.69, 9.17) is 0 Å². The number of carbonyl (C=O) groups is 1. The summed E-state index contributed by atoms with van der Waals surface area (Å²) in [5.41, 5.74) is 2.45. The number of piperidine rings is 1. The Bertz CT molecular complexity index is 896. The van der Waals surface area contributed by atoms with Crippen LogP contribution in [-0.2, 0) is 13.0 Å². The number of hydrogen-bond acceptors (Lipinski definition) is 5. The second-order valence-electron chi connectivity index (χ2n) is 7.17. The van der Waals surface area contributed by atoms with Crippen LogP contribution in [0.1, 0.15) is 28.9 Å². The van der Waals surface area contributed by atoms with E-state index in [9.17, 15) is 4.79 Å². The van der Waals surface area contributed by atoms with Gasteiger partial charge in [-0.1, -0.05) is 23.4 Å². The molecule has 1 aromatic carbocycles. The SMILES string of the molecule is O=C(NCCc1cnn(-c2ccccc2)c1)c1cn(C[C@H]2CCCNC2)nn1. The van der Waals surface area contributed by atoms with Gasteiger partial charge >= 0.3 is 0 Å². The number of aromatic nitrogens is 5. The summed E-state index contributed by atoms with van der Waals surface area (Å²) in [6.07, 6.45) is 8.63. The molecular weight excluding hydrogens is 354 g/mol. The Labute approximate surface area is 163 Å². The summed E-state index contributed by atoms with van der Waals surface area (Å²) in [7, 11) is 0. The number of hydrogen-bond donors (Lipinski definition) is 2. The first-order valence-corrected chi connectivity index (χ1v) is 9.76. The molecule has 146 valence electrons. The summed E-state index contributed by atoms with van der Waals surface area (Å²) in [5, 5.41) is 18.8. The zero-order valence-electron chi connectivity index (χ0n) is 15.8. The lowest BCUT2D eigenvalue weighted by Crippen LogP contribution is -2.32. The van der Waals surface area contributed by atoms with Crippen molar-refractivity contribution in [3.05, 3.63) is 60.2 Å². The molecule has 1 saturated heterocycles. The zero-order chi connectivity index (χ0) is 19.2. The first kappa shape index (κ1) is 18.4. The molecule has 1 fully saturated rings. The molecule has 3 aromatic rings. The molecule has 3 heterocycles. The average molecular weight is 379 g/mol. The molecule has 4 rings (SSSR count). The minimum atomic E-state index is -0.191. The van der Waals surface area contributed by atoms with Gasteiger partial charge in [-0.25, -0.2) is 4.68 Å². The van der Waals surface area contributed by atoms with Crippen LogP contribution in [0.5, 0.6) is 0 Å². The number of rotatable bonds is 7. The third-order valence-electron chi connectivity index (χ3n) is 4.97. The molecule has 1 aliphatic heterocycles. The summed E-state index contributed by atoms with van der Waals surface area (Å²) in [6.45, 7) is 3.41. The maximum atomic E-state index is 12.3. The summed E-state index contributed by atoms with van der Waals surface area (Å²) >= 11 is 0. The van der Waals surface area contributed by atoms with Gasteiger partial charge in [-0.3, -0.25) is 9.48 Å². The van der Waals surface area contributed by atoms with Crippen LogP contribution in [0.25, 0.3) is 5.69 Å². The van der Waals surface area contributed by atoms with Crippen LogP contribution in [0, 0.1) is 5.92 Å². The van der Waals surface area contributed by atoms with Gasteiger partial charge in [0, 0.05) is 19.3 Å². The number of carbonyl (C=O) groups excluding carboxylic acids is 1. The van der Waals surface area contributed by atoms with Crippen molar-refractivity contribution in [2.45, 2.75) is 25.8 Å². The van der Waals surface area contributed by atoms with Crippen molar-refractivity contribution in [1.29, 1.82) is 0 Å². The molecule has 8 heteroatoms. The lowest BCUT2D eigenvalue weighted by Gasteiger charge is -2.22. The van der Waals surface area contributed by atoms with Crippen LogP contribution < -0.4 is 10.6 Å². The highest BCUT2D eigenvalue weighted by molar-refractivity contribution is 5.91. The molecule has 2 N–H and O–H groups in total. The largest absolute Gasteiger partial charge is 0.350 e. The Morgan fingerprint density at radius 3 is 2.96 bits per heavy atom. The van der Waals surface area contributed by atoms with E-state index in [0.717, 1.165) is 30.9 Å². The topological polar surface area (TPSA) is 89.7 Å². The summed E-state index contributed by atoms with van der Waals surface area (Å²) < 4.78 is 3.61. The van der Waals surface area contributed by atoms with Crippen molar-refractivity contribution < 1.29 is 4.79 Å². The Morgan fingerprint density at radius 1 is 1.25 bits per heavy atom. The van der Waals surface area contributed by atoms with Gasteiger partial charge in [-0.05, 0) is 56.0 Å². The standard InChI is InChI=1S/C20H25N7O/c28-20(19-15-26(25-24-19)13-16-5-4-9-21-11-16)22-10-8-17-12-23-27(14-17)18-6-2-1-3-7-18/h1-3,6-7,12,14-16,21H,4-5,8-11,13H2,(H,22,28)/t16-/m0/s1. The lowest BCUT2D eigenvalue weighted by atomic mass is 10.00. The highest BCUT2D eigenvalue weighted by atomic mass is 16.2. The molecule has 0 spiro atoms. The fraction of sp³-hybridized carbons (Fsp3) is 0.400. The molecular formula is C20H25N7O. The number of benzene rings is 1. The van der Waals surface area contributed by atoms with Gasteiger partial charge in [0.15, 0.2) is 5.69 Å². The normalized spacial score (nSPS) is 16.8. The van der Waals surface area contributed by atoms with Crippen molar-refractivity contribution in [3.63, 3.8) is 0 Å². The monoisotopic (exact) mass is 379 g/mol. The van der Waals surface area contributed by atoms with Gasteiger partial charge in [0.1, 0.15) is 0 Å². The average Bonchev–Trinajstić information content (AvgIpc) is 3.39. The lowest BCUT2D eigenvalue weighted by molar-refractivity contribution is 0.0949. The Kier molecular flexibility index (Phi) is 5.77. The number of nitrogens with one attached hydrogen (secondary N) is 2. The molecule has 1 amide bonds. The first-order chi connectivity index (χ1) is 13.8. The fourth-order valence-corrected chi connectivity index (χ4v) is 3.46. The number of para-hydroxylation sites is 1. The van der Waals surface area contributed by atoms with Gasteiger partial charge < -0.3 is 10.6 Å². The molecule has 0 saturated carbocycles. The van der Waals surface area contributed by atoms with E-state index < -0.39 is 0 Å². The van der Waals surface area contributed by atoms with Crippen LogP contribution in [0.4, 0.5) is 0 Å². The van der Waals surface area contributed by atoms with Crippen molar-refractivity contribution in [3.8, 4) is 5.69 Å². The van der Waals surface area contributed by atoms with E-state index in [1.165, 1.54) is 12.8 Å².